The van der Waals surface area contributed by atoms with Gasteiger partial charge in [0.05, 0.1) is 10.9 Å². The zero-order valence-corrected chi connectivity index (χ0v) is 13.6. The van der Waals surface area contributed by atoms with Gasteiger partial charge in [-0.15, -0.1) is 0 Å². The van der Waals surface area contributed by atoms with Crippen LogP contribution in [0.2, 0.25) is 5.02 Å². The van der Waals surface area contributed by atoms with Gasteiger partial charge < -0.3 is 5.11 Å². The minimum atomic E-state index is -3.66. The zero-order valence-electron chi connectivity index (χ0n) is 12.0. The SMILES string of the molecule is CC(CCCC(C)C(=O)O)NS(=O)(=O)c1ccccc1Cl. The Balaban J connectivity index is 2.56. The molecule has 1 aromatic carbocycles. The molecule has 0 fully saturated rings. The quantitative estimate of drug-likeness (QED) is 0.766. The molecule has 118 valence electrons. The summed E-state index contributed by atoms with van der Waals surface area (Å²) >= 11 is 5.89. The Labute approximate surface area is 130 Å². The normalized spacial score (nSPS) is 14.6. The lowest BCUT2D eigenvalue weighted by molar-refractivity contribution is -0.141. The summed E-state index contributed by atoms with van der Waals surface area (Å²) in [5.41, 5.74) is 0. The topological polar surface area (TPSA) is 83.5 Å². The van der Waals surface area contributed by atoms with Crippen molar-refractivity contribution in [3.05, 3.63) is 29.3 Å². The molecule has 1 rings (SSSR count). The molecule has 0 aliphatic carbocycles. The predicted molar refractivity (Wildman–Crippen MR) is 81.9 cm³/mol. The Hall–Kier alpha value is -1.11. The van der Waals surface area contributed by atoms with Crippen LogP contribution in [0.15, 0.2) is 29.2 Å². The van der Waals surface area contributed by atoms with Gasteiger partial charge in [-0.05, 0) is 31.9 Å². The van der Waals surface area contributed by atoms with E-state index in [-0.39, 0.29) is 16.0 Å². The lowest BCUT2D eigenvalue weighted by Gasteiger charge is -2.15. The number of hydrogen-bond donors (Lipinski definition) is 2. The third-order valence-electron chi connectivity index (χ3n) is 3.18. The highest BCUT2D eigenvalue weighted by Crippen LogP contribution is 2.21. The summed E-state index contributed by atoms with van der Waals surface area (Å²) < 4.78 is 26.9. The fraction of sp³-hybridized carbons (Fsp3) is 0.500. The number of sulfonamides is 1. The minimum absolute atomic E-state index is 0.0532. The van der Waals surface area contributed by atoms with Gasteiger partial charge in [0.25, 0.3) is 0 Å². The maximum Gasteiger partial charge on any atom is 0.306 e. The Bertz CT molecular complexity index is 588. The van der Waals surface area contributed by atoms with Gasteiger partial charge in [-0.2, -0.15) is 0 Å². The predicted octanol–water partition coefficient (Wildman–Crippen LogP) is 2.90. The molecule has 0 aliphatic rings. The molecule has 5 nitrogen and oxygen atoms in total. The summed E-state index contributed by atoms with van der Waals surface area (Å²) in [4.78, 5) is 10.8. The van der Waals surface area contributed by atoms with E-state index in [2.05, 4.69) is 4.72 Å². The molecular formula is C14H20ClNO4S. The highest BCUT2D eigenvalue weighted by atomic mass is 35.5. The minimum Gasteiger partial charge on any atom is -0.481 e. The van der Waals surface area contributed by atoms with Crippen LogP contribution in [-0.2, 0) is 14.8 Å². The van der Waals surface area contributed by atoms with Crippen LogP contribution in [0.5, 0.6) is 0 Å². The molecule has 7 heteroatoms. The summed E-state index contributed by atoms with van der Waals surface area (Å²) in [5.74, 6) is -1.25. The number of aliphatic carboxylic acids is 1. The van der Waals surface area contributed by atoms with Crippen molar-refractivity contribution in [1.82, 2.24) is 4.72 Å². The molecule has 0 saturated carbocycles. The van der Waals surface area contributed by atoms with Crippen LogP contribution < -0.4 is 4.72 Å². The number of rotatable bonds is 8. The van der Waals surface area contributed by atoms with Crippen LogP contribution in [0.4, 0.5) is 0 Å². The van der Waals surface area contributed by atoms with Crippen molar-refractivity contribution in [2.45, 2.75) is 44.0 Å². The number of nitrogens with one attached hydrogen (secondary N) is 1. The van der Waals surface area contributed by atoms with Gasteiger partial charge in [0.1, 0.15) is 4.90 Å². The van der Waals surface area contributed by atoms with Gasteiger partial charge in [-0.1, -0.05) is 37.1 Å². The molecule has 0 aromatic heterocycles. The third-order valence-corrected chi connectivity index (χ3v) is 5.27. The number of halogens is 1. The third kappa shape index (κ3) is 5.65. The Morgan fingerprint density at radius 1 is 1.29 bits per heavy atom. The van der Waals surface area contributed by atoms with E-state index in [0.717, 1.165) is 0 Å². The highest BCUT2D eigenvalue weighted by Gasteiger charge is 2.20. The summed E-state index contributed by atoms with van der Waals surface area (Å²) in [6, 6.07) is 5.96. The van der Waals surface area contributed by atoms with Crippen LogP contribution >= 0.6 is 11.6 Å². The summed E-state index contributed by atoms with van der Waals surface area (Å²) in [7, 11) is -3.66. The van der Waals surface area contributed by atoms with Gasteiger partial charge in [0, 0.05) is 6.04 Å². The molecule has 0 saturated heterocycles. The molecule has 2 N–H and O–H groups in total. The molecule has 0 heterocycles. The maximum atomic E-state index is 12.2. The van der Waals surface area contributed by atoms with E-state index in [1.807, 2.05) is 0 Å². The summed E-state index contributed by atoms with van der Waals surface area (Å²) in [6.07, 6.45) is 1.73. The number of hydrogen-bond acceptors (Lipinski definition) is 3. The van der Waals surface area contributed by atoms with E-state index in [1.165, 1.54) is 12.1 Å². The zero-order chi connectivity index (χ0) is 16.0. The van der Waals surface area contributed by atoms with E-state index < -0.39 is 21.9 Å². The second kappa shape index (κ2) is 7.77. The van der Waals surface area contributed by atoms with Gasteiger partial charge in [-0.25, -0.2) is 13.1 Å². The summed E-state index contributed by atoms with van der Waals surface area (Å²) in [5, 5.41) is 8.96. The van der Waals surface area contributed by atoms with E-state index in [0.29, 0.717) is 19.3 Å². The van der Waals surface area contributed by atoms with Gasteiger partial charge >= 0.3 is 5.97 Å². The first kappa shape index (κ1) is 17.9. The van der Waals surface area contributed by atoms with Crippen molar-refractivity contribution in [1.29, 1.82) is 0 Å². The second-order valence-electron chi connectivity index (χ2n) is 5.12. The largest absolute Gasteiger partial charge is 0.481 e. The molecule has 0 spiro atoms. The van der Waals surface area contributed by atoms with Crippen LogP contribution in [0.3, 0.4) is 0 Å². The molecule has 0 bridgehead atoms. The lowest BCUT2D eigenvalue weighted by atomic mass is 10.0. The molecule has 2 atom stereocenters. The monoisotopic (exact) mass is 333 g/mol. The van der Waals surface area contributed by atoms with E-state index in [4.69, 9.17) is 16.7 Å². The van der Waals surface area contributed by atoms with Crippen molar-refractivity contribution in [2.24, 2.45) is 5.92 Å². The van der Waals surface area contributed by atoms with Gasteiger partial charge in [-0.3, -0.25) is 4.79 Å². The van der Waals surface area contributed by atoms with Crippen LogP contribution in [0.25, 0.3) is 0 Å². The average molecular weight is 334 g/mol. The molecule has 0 aliphatic heterocycles. The number of carboxylic acid groups (broad SMARTS) is 1. The van der Waals surface area contributed by atoms with Crippen LogP contribution in [0.1, 0.15) is 33.1 Å². The average Bonchev–Trinajstić information content (AvgIpc) is 2.38. The molecule has 2 unspecified atom stereocenters. The first-order valence-electron chi connectivity index (χ1n) is 6.73. The van der Waals surface area contributed by atoms with E-state index in [9.17, 15) is 13.2 Å². The fourth-order valence-electron chi connectivity index (χ4n) is 1.90. The number of benzene rings is 1. The molecule has 1 aromatic rings. The Kier molecular flexibility index (Phi) is 6.64. The second-order valence-corrected chi connectivity index (χ2v) is 7.21. The van der Waals surface area contributed by atoms with Crippen molar-refractivity contribution < 1.29 is 18.3 Å². The van der Waals surface area contributed by atoms with E-state index >= 15 is 0 Å². The smallest absolute Gasteiger partial charge is 0.306 e. The number of carbonyl (C=O) groups is 1. The van der Waals surface area contributed by atoms with Crippen LogP contribution in [0, 0.1) is 5.92 Å². The fourth-order valence-corrected chi connectivity index (χ4v) is 3.70. The van der Waals surface area contributed by atoms with Crippen molar-refractivity contribution in [2.75, 3.05) is 0 Å². The standard InChI is InChI=1S/C14H20ClNO4S/c1-10(14(17)18)6-5-7-11(2)16-21(19,20)13-9-4-3-8-12(13)15/h3-4,8-11,16H,5-7H2,1-2H3,(H,17,18). The Morgan fingerprint density at radius 2 is 1.90 bits per heavy atom. The Morgan fingerprint density at radius 3 is 2.48 bits per heavy atom. The van der Waals surface area contributed by atoms with Crippen molar-refractivity contribution in [3.63, 3.8) is 0 Å². The lowest BCUT2D eigenvalue weighted by Crippen LogP contribution is -2.32. The van der Waals surface area contributed by atoms with Crippen LogP contribution in [-0.4, -0.2) is 25.5 Å². The first-order valence-corrected chi connectivity index (χ1v) is 8.60. The highest BCUT2D eigenvalue weighted by molar-refractivity contribution is 7.89. The van der Waals surface area contributed by atoms with Gasteiger partial charge in [0.2, 0.25) is 10.0 Å². The number of carboxylic acids is 1. The maximum absolute atomic E-state index is 12.2. The first-order chi connectivity index (χ1) is 9.74. The summed E-state index contributed by atoms with van der Waals surface area (Å²) in [6.45, 7) is 3.39. The van der Waals surface area contributed by atoms with Gasteiger partial charge in [0.15, 0.2) is 0 Å². The van der Waals surface area contributed by atoms with Crippen molar-refractivity contribution in [3.8, 4) is 0 Å². The van der Waals surface area contributed by atoms with E-state index in [1.54, 1.807) is 26.0 Å². The molecule has 0 amide bonds. The molecule has 0 radical (unpaired) electrons. The van der Waals surface area contributed by atoms with Crippen molar-refractivity contribution >= 4 is 27.6 Å². The molecule has 21 heavy (non-hydrogen) atoms. The molecular weight excluding hydrogens is 314 g/mol.